The van der Waals surface area contributed by atoms with Gasteiger partial charge in [0, 0.05) is 23.7 Å². The van der Waals surface area contributed by atoms with E-state index in [2.05, 4.69) is 27.7 Å². The Morgan fingerprint density at radius 1 is 1.00 bits per heavy atom. The van der Waals surface area contributed by atoms with Crippen molar-refractivity contribution in [1.82, 2.24) is 15.5 Å². The fourth-order valence-corrected chi connectivity index (χ4v) is 4.37. The lowest BCUT2D eigenvalue weighted by molar-refractivity contribution is -0.124. The van der Waals surface area contributed by atoms with Crippen LogP contribution in [0.25, 0.3) is 0 Å². The number of carbonyl (C=O) groups excluding carboxylic acids is 2. The van der Waals surface area contributed by atoms with E-state index in [0.29, 0.717) is 28.1 Å². The Morgan fingerprint density at radius 3 is 2.27 bits per heavy atom. The Bertz CT molecular complexity index is 958. The van der Waals surface area contributed by atoms with Gasteiger partial charge in [0.25, 0.3) is 5.91 Å². The van der Waals surface area contributed by atoms with Crippen molar-refractivity contribution in [2.75, 3.05) is 19.6 Å². The number of likely N-dealkylation sites (tertiary alicyclic amines) is 1. The topological polar surface area (TPSA) is 61.4 Å². The van der Waals surface area contributed by atoms with Gasteiger partial charge in [0.05, 0.1) is 10.0 Å². The molecule has 0 aromatic heterocycles. The minimum absolute atomic E-state index is 0.0575. The van der Waals surface area contributed by atoms with Crippen LogP contribution in [0.3, 0.4) is 0 Å². The van der Waals surface area contributed by atoms with E-state index in [4.69, 9.17) is 34.8 Å². The fraction of sp³-hybridized carbons (Fsp3) is 0.440. The second-order valence-electron chi connectivity index (χ2n) is 8.92. The smallest absolute Gasteiger partial charge is 0.251 e. The minimum Gasteiger partial charge on any atom is -0.354 e. The summed E-state index contributed by atoms with van der Waals surface area (Å²) in [6.45, 7) is 7.32. The van der Waals surface area contributed by atoms with Gasteiger partial charge in [0.15, 0.2) is 0 Å². The lowest BCUT2D eigenvalue weighted by Crippen LogP contribution is -2.51. The third-order valence-electron chi connectivity index (χ3n) is 6.01. The molecule has 8 heteroatoms. The number of benzene rings is 2. The van der Waals surface area contributed by atoms with Crippen LogP contribution < -0.4 is 10.6 Å². The fourth-order valence-electron chi connectivity index (χ4n) is 3.95. The van der Waals surface area contributed by atoms with E-state index in [0.717, 1.165) is 37.5 Å². The van der Waals surface area contributed by atoms with Crippen LogP contribution in [0.2, 0.25) is 15.1 Å². The maximum absolute atomic E-state index is 12.9. The summed E-state index contributed by atoms with van der Waals surface area (Å²) in [5, 5.41) is 7.32. The molecule has 0 aliphatic carbocycles. The highest BCUT2D eigenvalue weighted by molar-refractivity contribution is 6.42. The van der Waals surface area contributed by atoms with E-state index in [1.54, 1.807) is 12.1 Å². The van der Waals surface area contributed by atoms with Crippen LogP contribution in [-0.4, -0.2) is 42.4 Å². The van der Waals surface area contributed by atoms with Gasteiger partial charge in [0.2, 0.25) is 5.91 Å². The average Bonchev–Trinajstić information content (AvgIpc) is 2.79. The van der Waals surface area contributed by atoms with Crippen LogP contribution in [-0.2, 0) is 11.3 Å². The van der Waals surface area contributed by atoms with E-state index in [-0.39, 0.29) is 17.7 Å². The van der Waals surface area contributed by atoms with Gasteiger partial charge >= 0.3 is 0 Å². The molecule has 1 saturated heterocycles. The van der Waals surface area contributed by atoms with E-state index in [9.17, 15) is 9.59 Å². The number of carbonyl (C=O) groups is 2. The van der Waals surface area contributed by atoms with Gasteiger partial charge in [-0.05, 0) is 73.7 Å². The van der Waals surface area contributed by atoms with Gasteiger partial charge in [-0.3, -0.25) is 14.5 Å². The normalized spacial score (nSPS) is 15.9. The van der Waals surface area contributed by atoms with Crippen molar-refractivity contribution in [3.05, 3.63) is 68.7 Å². The predicted molar refractivity (Wildman–Crippen MR) is 135 cm³/mol. The highest BCUT2D eigenvalue weighted by atomic mass is 35.5. The molecule has 0 radical (unpaired) electrons. The molecule has 1 heterocycles. The summed E-state index contributed by atoms with van der Waals surface area (Å²) in [6.07, 6.45) is 2.05. The van der Waals surface area contributed by atoms with Crippen molar-refractivity contribution < 1.29 is 9.59 Å². The van der Waals surface area contributed by atoms with Gasteiger partial charge < -0.3 is 10.6 Å². The minimum atomic E-state index is -0.628. The van der Waals surface area contributed by atoms with Crippen LogP contribution >= 0.6 is 34.8 Å². The van der Waals surface area contributed by atoms with Crippen molar-refractivity contribution in [3.8, 4) is 0 Å². The molecule has 0 bridgehead atoms. The maximum atomic E-state index is 12.9. The summed E-state index contributed by atoms with van der Waals surface area (Å²) in [7, 11) is 0. The van der Waals surface area contributed by atoms with Crippen LogP contribution in [0.4, 0.5) is 0 Å². The molecular weight excluding hydrogens is 481 g/mol. The average molecular weight is 511 g/mol. The molecule has 1 atom stereocenters. The zero-order valence-corrected chi connectivity index (χ0v) is 21.2. The summed E-state index contributed by atoms with van der Waals surface area (Å²) < 4.78 is 0. The number of piperidine rings is 1. The van der Waals surface area contributed by atoms with Gasteiger partial charge in [-0.2, -0.15) is 0 Å². The van der Waals surface area contributed by atoms with Gasteiger partial charge in [-0.15, -0.1) is 0 Å². The number of amides is 2. The molecule has 2 N–H and O–H groups in total. The van der Waals surface area contributed by atoms with Crippen molar-refractivity contribution in [3.63, 3.8) is 0 Å². The molecule has 33 heavy (non-hydrogen) atoms. The van der Waals surface area contributed by atoms with Crippen LogP contribution in [0.1, 0.15) is 42.6 Å². The molecule has 2 aromatic rings. The Kier molecular flexibility index (Phi) is 9.45. The zero-order chi connectivity index (χ0) is 24.0. The summed E-state index contributed by atoms with van der Waals surface area (Å²) in [5.74, 6) is -0.146. The molecule has 1 aliphatic rings. The van der Waals surface area contributed by atoms with E-state index < -0.39 is 6.04 Å². The number of hydrogen-bond acceptors (Lipinski definition) is 3. The van der Waals surface area contributed by atoms with Gasteiger partial charge in [-0.1, -0.05) is 60.8 Å². The Labute approximate surface area is 210 Å². The number of hydrogen-bond donors (Lipinski definition) is 2. The van der Waals surface area contributed by atoms with Crippen molar-refractivity contribution in [2.24, 2.45) is 11.8 Å². The molecule has 2 aromatic carbocycles. The van der Waals surface area contributed by atoms with Crippen molar-refractivity contribution in [1.29, 1.82) is 0 Å². The molecule has 0 unspecified atom stereocenters. The van der Waals surface area contributed by atoms with E-state index in [1.165, 1.54) is 11.6 Å². The molecule has 1 fully saturated rings. The first-order chi connectivity index (χ1) is 15.7. The Hall–Kier alpha value is -1.79. The first kappa shape index (κ1) is 25.8. The quantitative estimate of drug-likeness (QED) is 0.498. The molecule has 3 rings (SSSR count). The SMILES string of the molecule is CC(C)[C@H](NC(=O)c1ccc(Cl)c(Cl)c1)C(=O)NCC1CCN(Cc2ccc(Cl)cc2)CC1. The third kappa shape index (κ3) is 7.61. The number of nitrogens with one attached hydrogen (secondary N) is 2. The highest BCUT2D eigenvalue weighted by Gasteiger charge is 2.26. The van der Waals surface area contributed by atoms with Crippen LogP contribution in [0, 0.1) is 11.8 Å². The predicted octanol–water partition coefficient (Wildman–Crippen LogP) is 5.43. The molecule has 0 spiro atoms. The lowest BCUT2D eigenvalue weighted by atomic mass is 9.95. The Morgan fingerprint density at radius 2 is 1.67 bits per heavy atom. The number of nitrogens with zero attached hydrogens (tertiary/aromatic N) is 1. The monoisotopic (exact) mass is 509 g/mol. The summed E-state index contributed by atoms with van der Waals surface area (Å²) in [4.78, 5) is 27.9. The van der Waals surface area contributed by atoms with Crippen molar-refractivity contribution in [2.45, 2.75) is 39.3 Å². The molecule has 0 saturated carbocycles. The molecule has 2 amide bonds. The third-order valence-corrected chi connectivity index (χ3v) is 7.00. The number of rotatable bonds is 8. The largest absolute Gasteiger partial charge is 0.354 e. The first-order valence-corrected chi connectivity index (χ1v) is 12.4. The standard InChI is InChI=1S/C25H30Cl3N3O2/c1-16(2)23(30-24(32)19-5-8-21(27)22(28)13-19)25(33)29-14-17-9-11-31(12-10-17)15-18-3-6-20(26)7-4-18/h3-8,13,16-17,23H,9-12,14-15H2,1-2H3,(H,29,33)(H,30,32)/t23-/m0/s1. The lowest BCUT2D eigenvalue weighted by Gasteiger charge is -2.32. The molecule has 1 aliphatic heterocycles. The van der Waals surface area contributed by atoms with Gasteiger partial charge in [0.1, 0.15) is 6.04 Å². The number of halogens is 3. The van der Waals surface area contributed by atoms with E-state index >= 15 is 0 Å². The first-order valence-electron chi connectivity index (χ1n) is 11.2. The molecular formula is C25H30Cl3N3O2. The van der Waals surface area contributed by atoms with Gasteiger partial charge in [-0.25, -0.2) is 0 Å². The molecule has 5 nitrogen and oxygen atoms in total. The van der Waals surface area contributed by atoms with Crippen LogP contribution in [0.5, 0.6) is 0 Å². The Balaban J connectivity index is 1.46. The van der Waals surface area contributed by atoms with Crippen molar-refractivity contribution >= 4 is 46.6 Å². The maximum Gasteiger partial charge on any atom is 0.251 e. The van der Waals surface area contributed by atoms with Crippen LogP contribution in [0.15, 0.2) is 42.5 Å². The highest BCUT2D eigenvalue weighted by Crippen LogP contribution is 2.23. The van der Waals surface area contributed by atoms with E-state index in [1.807, 2.05) is 26.0 Å². The zero-order valence-electron chi connectivity index (χ0n) is 18.9. The molecule has 178 valence electrons. The second-order valence-corrected chi connectivity index (χ2v) is 10.2. The summed E-state index contributed by atoms with van der Waals surface area (Å²) in [5.41, 5.74) is 1.62. The summed E-state index contributed by atoms with van der Waals surface area (Å²) >= 11 is 17.9. The second kappa shape index (κ2) is 12.1. The summed E-state index contributed by atoms with van der Waals surface area (Å²) in [6, 6.07) is 12.0.